The summed E-state index contributed by atoms with van der Waals surface area (Å²) >= 11 is 10.7. The molecule has 2 N–H and O–H groups in total. The Hall–Kier alpha value is -2.84. The van der Waals surface area contributed by atoms with Crippen LogP contribution in [0.3, 0.4) is 0 Å². The highest BCUT2D eigenvalue weighted by molar-refractivity contribution is 7.81. The van der Waals surface area contributed by atoms with Gasteiger partial charge in [-0.1, -0.05) is 85.1 Å². The standard InChI is InChI=1S/C20H22N4O2S2/c1-23(19(27)15-10-6-3-4-7-11-15)21-17(25)14-18(26)22-24(2)20(28)16-12-8-5-9-13-16/h3-6,8-13H,7,14H2,1-2H3,(H,21,25)(H,22,26). The Morgan fingerprint density at radius 3 is 2.21 bits per heavy atom. The Labute approximate surface area is 175 Å². The number of amides is 2. The molecule has 1 aliphatic carbocycles. The fourth-order valence-corrected chi connectivity index (χ4v) is 2.79. The van der Waals surface area contributed by atoms with E-state index in [1.165, 1.54) is 10.0 Å². The van der Waals surface area contributed by atoms with Crippen molar-refractivity contribution >= 4 is 46.2 Å². The van der Waals surface area contributed by atoms with Crippen LogP contribution in [0.2, 0.25) is 0 Å². The number of hydrogen-bond donors (Lipinski definition) is 2. The molecule has 0 heterocycles. The van der Waals surface area contributed by atoms with Gasteiger partial charge in [-0.25, -0.2) is 0 Å². The van der Waals surface area contributed by atoms with Crippen molar-refractivity contribution in [3.8, 4) is 0 Å². The summed E-state index contributed by atoms with van der Waals surface area (Å²) in [6.07, 6.45) is 10.1. The third-order valence-corrected chi connectivity index (χ3v) is 4.80. The summed E-state index contributed by atoms with van der Waals surface area (Å²) in [5.41, 5.74) is 6.84. The highest BCUT2D eigenvalue weighted by Gasteiger charge is 2.16. The Kier molecular flexibility index (Phi) is 8.03. The van der Waals surface area contributed by atoms with Gasteiger partial charge in [0.25, 0.3) is 0 Å². The van der Waals surface area contributed by atoms with Crippen LogP contribution in [0.5, 0.6) is 0 Å². The quantitative estimate of drug-likeness (QED) is 0.448. The number of likely N-dealkylation sites (N-methyl/N-ethyl adjacent to an activating group) is 1. The second-order valence-corrected chi connectivity index (χ2v) is 6.80. The molecule has 1 aliphatic rings. The molecule has 0 saturated carbocycles. The molecule has 0 unspecified atom stereocenters. The molecule has 146 valence electrons. The largest absolute Gasteiger partial charge is 0.277 e. The molecule has 0 radical (unpaired) electrons. The fourth-order valence-electron chi connectivity index (χ4n) is 2.41. The molecule has 0 bridgehead atoms. The first-order chi connectivity index (χ1) is 13.4. The predicted molar refractivity (Wildman–Crippen MR) is 118 cm³/mol. The molecular weight excluding hydrogens is 392 g/mol. The van der Waals surface area contributed by atoms with Gasteiger partial charge in [0.2, 0.25) is 11.8 Å². The lowest BCUT2D eigenvalue weighted by Gasteiger charge is -2.23. The summed E-state index contributed by atoms with van der Waals surface area (Å²) < 4.78 is 0. The summed E-state index contributed by atoms with van der Waals surface area (Å²) in [6.45, 7) is 0. The summed E-state index contributed by atoms with van der Waals surface area (Å²) in [5, 5.41) is 2.85. The van der Waals surface area contributed by atoms with Crippen molar-refractivity contribution in [3.05, 3.63) is 71.8 Å². The molecule has 2 amide bonds. The van der Waals surface area contributed by atoms with E-state index in [0.717, 1.165) is 17.6 Å². The summed E-state index contributed by atoms with van der Waals surface area (Å²) in [5.74, 6) is -0.951. The van der Waals surface area contributed by atoms with Gasteiger partial charge in [-0.15, -0.1) is 0 Å². The van der Waals surface area contributed by atoms with E-state index in [1.54, 1.807) is 14.1 Å². The number of hydrazine groups is 2. The van der Waals surface area contributed by atoms with E-state index in [1.807, 2.05) is 60.7 Å². The van der Waals surface area contributed by atoms with Crippen molar-refractivity contribution in [1.82, 2.24) is 20.9 Å². The van der Waals surface area contributed by atoms with E-state index in [-0.39, 0.29) is 6.42 Å². The van der Waals surface area contributed by atoms with Crippen LogP contribution in [0, 0.1) is 0 Å². The number of nitrogens with one attached hydrogen (secondary N) is 2. The summed E-state index contributed by atoms with van der Waals surface area (Å²) in [4.78, 5) is 25.2. The zero-order valence-electron chi connectivity index (χ0n) is 15.7. The fraction of sp³-hybridized carbons (Fsp3) is 0.200. The van der Waals surface area contributed by atoms with Gasteiger partial charge in [-0.2, -0.15) is 0 Å². The Balaban J connectivity index is 1.83. The highest BCUT2D eigenvalue weighted by Crippen LogP contribution is 2.09. The molecule has 0 saturated heterocycles. The average molecular weight is 415 g/mol. The van der Waals surface area contributed by atoms with Crippen LogP contribution < -0.4 is 10.9 Å². The number of rotatable bonds is 4. The van der Waals surface area contributed by atoms with Crippen molar-refractivity contribution in [2.75, 3.05) is 14.1 Å². The number of benzene rings is 1. The van der Waals surface area contributed by atoms with Crippen LogP contribution in [0.15, 0.2) is 66.3 Å². The van der Waals surface area contributed by atoms with Gasteiger partial charge in [-0.3, -0.25) is 30.5 Å². The van der Waals surface area contributed by atoms with Crippen molar-refractivity contribution in [3.63, 3.8) is 0 Å². The van der Waals surface area contributed by atoms with E-state index in [2.05, 4.69) is 10.9 Å². The lowest BCUT2D eigenvalue weighted by Crippen LogP contribution is -2.47. The zero-order valence-corrected chi connectivity index (χ0v) is 17.3. The average Bonchev–Trinajstić information content (AvgIpc) is 2.96. The van der Waals surface area contributed by atoms with Gasteiger partial charge >= 0.3 is 0 Å². The number of allylic oxidation sites excluding steroid dienone is 4. The lowest BCUT2D eigenvalue weighted by molar-refractivity contribution is -0.132. The number of carbonyl (C=O) groups is 2. The molecule has 0 aromatic heterocycles. The van der Waals surface area contributed by atoms with E-state index in [0.29, 0.717) is 9.98 Å². The van der Waals surface area contributed by atoms with Crippen molar-refractivity contribution in [2.24, 2.45) is 0 Å². The van der Waals surface area contributed by atoms with E-state index in [4.69, 9.17) is 24.4 Å². The highest BCUT2D eigenvalue weighted by atomic mass is 32.1. The lowest BCUT2D eigenvalue weighted by atomic mass is 10.2. The van der Waals surface area contributed by atoms with Crippen LogP contribution in [-0.2, 0) is 9.59 Å². The Bertz CT molecular complexity index is 847. The van der Waals surface area contributed by atoms with Crippen molar-refractivity contribution < 1.29 is 9.59 Å². The molecular formula is C20H22N4O2S2. The predicted octanol–water partition coefficient (Wildman–Crippen LogP) is 2.45. The molecule has 8 heteroatoms. The Morgan fingerprint density at radius 1 is 0.964 bits per heavy atom. The molecule has 28 heavy (non-hydrogen) atoms. The first kappa shape index (κ1) is 21.5. The van der Waals surface area contributed by atoms with E-state index >= 15 is 0 Å². The summed E-state index contributed by atoms with van der Waals surface area (Å²) in [7, 11) is 3.27. The second-order valence-electron chi connectivity index (χ2n) is 6.02. The minimum absolute atomic E-state index is 0.356. The van der Waals surface area contributed by atoms with Gasteiger partial charge in [0.1, 0.15) is 16.4 Å². The number of hydrogen-bond acceptors (Lipinski definition) is 4. The maximum atomic E-state index is 12.2. The monoisotopic (exact) mass is 414 g/mol. The van der Waals surface area contributed by atoms with Crippen LogP contribution in [0.25, 0.3) is 0 Å². The van der Waals surface area contributed by atoms with Crippen molar-refractivity contribution in [1.29, 1.82) is 0 Å². The van der Waals surface area contributed by atoms with Crippen LogP contribution in [0.1, 0.15) is 18.4 Å². The first-order valence-corrected chi connectivity index (χ1v) is 9.43. The molecule has 0 aliphatic heterocycles. The number of carbonyl (C=O) groups excluding carboxylic acids is 2. The van der Waals surface area contributed by atoms with Gasteiger partial charge in [0.15, 0.2) is 0 Å². The maximum Gasteiger partial charge on any atom is 0.248 e. The molecule has 2 rings (SSSR count). The molecule has 0 fully saturated rings. The topological polar surface area (TPSA) is 64.7 Å². The van der Waals surface area contributed by atoms with E-state index in [9.17, 15) is 9.59 Å². The minimum Gasteiger partial charge on any atom is -0.277 e. The Morgan fingerprint density at radius 2 is 1.57 bits per heavy atom. The van der Waals surface area contributed by atoms with Gasteiger partial charge in [0, 0.05) is 25.2 Å². The normalized spacial score (nSPS) is 12.4. The smallest absolute Gasteiger partial charge is 0.248 e. The van der Waals surface area contributed by atoms with Gasteiger partial charge in [0.05, 0.1) is 0 Å². The number of nitrogens with zero attached hydrogens (tertiary/aromatic N) is 2. The van der Waals surface area contributed by atoms with Crippen LogP contribution in [-0.4, -0.2) is 45.9 Å². The minimum atomic E-state index is -0.477. The van der Waals surface area contributed by atoms with Crippen molar-refractivity contribution in [2.45, 2.75) is 12.8 Å². The zero-order chi connectivity index (χ0) is 20.5. The molecule has 6 nitrogen and oxygen atoms in total. The maximum absolute atomic E-state index is 12.2. The van der Waals surface area contributed by atoms with Gasteiger partial charge in [-0.05, 0) is 6.42 Å². The third-order valence-electron chi connectivity index (χ3n) is 3.78. The summed E-state index contributed by atoms with van der Waals surface area (Å²) in [6, 6.07) is 9.30. The third kappa shape index (κ3) is 6.40. The SMILES string of the molecule is CN(NC(=O)CC(=O)NN(C)C(=S)c1ccccc1)C(=S)C1=CCC=CC=C1. The van der Waals surface area contributed by atoms with E-state index < -0.39 is 11.8 Å². The van der Waals surface area contributed by atoms with Crippen LogP contribution >= 0.6 is 24.4 Å². The number of thiocarbonyl (C=S) groups is 2. The first-order valence-electron chi connectivity index (χ1n) is 8.62. The molecule has 0 spiro atoms. The molecule has 1 aromatic rings. The molecule has 1 aromatic carbocycles. The van der Waals surface area contributed by atoms with Crippen LogP contribution in [0.4, 0.5) is 0 Å². The molecule has 0 atom stereocenters. The van der Waals surface area contributed by atoms with Gasteiger partial charge < -0.3 is 0 Å². The second kappa shape index (κ2) is 10.5.